The van der Waals surface area contributed by atoms with E-state index in [1.54, 1.807) is 0 Å². The normalized spacial score (nSPS) is 11.8. The third kappa shape index (κ3) is 6.15. The molecule has 0 saturated heterocycles. The number of benzene rings is 11. The quantitative estimate of drug-likeness (QED) is 0.155. The third-order valence-corrected chi connectivity index (χ3v) is 16.3. The van der Waals surface area contributed by atoms with E-state index in [9.17, 15) is 0 Å². The maximum absolute atomic E-state index is 2.47. The van der Waals surface area contributed by atoms with Crippen molar-refractivity contribution < 1.29 is 0 Å². The van der Waals surface area contributed by atoms with E-state index < -0.39 is 0 Å². The van der Waals surface area contributed by atoms with Gasteiger partial charge in [0.05, 0.1) is 16.7 Å². The molecule has 0 bridgehead atoms. The van der Waals surface area contributed by atoms with Crippen molar-refractivity contribution in [1.82, 2.24) is 4.57 Å². The third-order valence-electron chi connectivity index (χ3n) is 13.8. The summed E-state index contributed by atoms with van der Waals surface area (Å²) in [7, 11) is 0. The molecule has 68 heavy (non-hydrogen) atoms. The van der Waals surface area contributed by atoms with Gasteiger partial charge in [-0.25, -0.2) is 0 Å². The molecule has 0 aliphatic rings. The molecule has 0 saturated carbocycles. The van der Waals surface area contributed by atoms with Crippen molar-refractivity contribution in [2.75, 3.05) is 4.90 Å². The van der Waals surface area contributed by atoms with Crippen LogP contribution in [0.3, 0.4) is 0 Å². The Morgan fingerprint density at radius 3 is 1.51 bits per heavy atom. The topological polar surface area (TPSA) is 8.17 Å². The van der Waals surface area contributed by atoms with E-state index in [1.807, 2.05) is 22.7 Å². The van der Waals surface area contributed by atoms with Crippen LogP contribution in [0.2, 0.25) is 0 Å². The number of thiophene rings is 2. The zero-order valence-corrected chi connectivity index (χ0v) is 38.4. The molecule has 0 aliphatic heterocycles. The fraction of sp³-hybridized carbons (Fsp3) is 0. The Kier molecular flexibility index (Phi) is 8.98. The van der Waals surface area contributed by atoms with Crippen LogP contribution in [-0.2, 0) is 0 Å². The van der Waals surface area contributed by atoms with Gasteiger partial charge in [-0.05, 0) is 105 Å². The molecule has 318 valence electrons. The zero-order valence-electron chi connectivity index (χ0n) is 36.8. The van der Waals surface area contributed by atoms with Crippen molar-refractivity contribution in [3.63, 3.8) is 0 Å². The lowest BCUT2D eigenvalue weighted by Crippen LogP contribution is -2.10. The van der Waals surface area contributed by atoms with Gasteiger partial charge in [-0.2, -0.15) is 0 Å². The maximum atomic E-state index is 2.47. The monoisotopic (exact) mass is 900 g/mol. The highest BCUT2D eigenvalue weighted by Gasteiger charge is 2.22. The molecule has 0 atom stereocenters. The Labute approximate surface area is 401 Å². The first-order chi connectivity index (χ1) is 33.7. The molecule has 0 aliphatic carbocycles. The highest BCUT2D eigenvalue weighted by atomic mass is 32.1. The SMILES string of the molecule is c1ccc2c(-c3ccc(N(c4ccc(-c5ccc(-n6c7ccccc7c7ccccc76)cc5)cc4)c4ccc(-c5cccc6c5sc5ccccc56)cc4)c4c3sc3ccccc34)cccc2c1. The van der Waals surface area contributed by atoms with E-state index in [2.05, 4.69) is 252 Å². The lowest BCUT2D eigenvalue weighted by atomic mass is 9.95. The number of aromatic nitrogens is 1. The molecule has 0 fully saturated rings. The van der Waals surface area contributed by atoms with E-state index in [0.717, 1.165) is 22.7 Å². The van der Waals surface area contributed by atoms with Crippen LogP contribution in [-0.4, -0.2) is 4.57 Å². The van der Waals surface area contributed by atoms with Crippen LogP contribution >= 0.6 is 22.7 Å². The van der Waals surface area contributed by atoms with Gasteiger partial charge in [0.1, 0.15) is 0 Å². The molecule has 4 heteroatoms. The summed E-state index contributed by atoms with van der Waals surface area (Å²) >= 11 is 3.77. The van der Waals surface area contributed by atoms with Crippen molar-refractivity contribution in [2.45, 2.75) is 0 Å². The first-order valence-electron chi connectivity index (χ1n) is 23.2. The van der Waals surface area contributed by atoms with Crippen molar-refractivity contribution in [3.8, 4) is 39.1 Å². The van der Waals surface area contributed by atoms with Gasteiger partial charge in [0.25, 0.3) is 0 Å². The Balaban J connectivity index is 0.912. The minimum Gasteiger partial charge on any atom is -0.310 e. The molecule has 0 radical (unpaired) electrons. The second-order valence-electron chi connectivity index (χ2n) is 17.6. The fourth-order valence-electron chi connectivity index (χ4n) is 10.7. The maximum Gasteiger partial charge on any atom is 0.0555 e. The van der Waals surface area contributed by atoms with Crippen LogP contribution in [0.5, 0.6) is 0 Å². The number of nitrogens with zero attached hydrogens (tertiary/aromatic N) is 2. The van der Waals surface area contributed by atoms with Gasteiger partial charge in [0.15, 0.2) is 0 Å². The van der Waals surface area contributed by atoms with Crippen LogP contribution in [0.1, 0.15) is 0 Å². The number of anilines is 3. The van der Waals surface area contributed by atoms with Crippen LogP contribution in [0.4, 0.5) is 17.1 Å². The molecule has 0 unspecified atom stereocenters. The fourth-order valence-corrected chi connectivity index (χ4v) is 13.2. The predicted molar refractivity (Wildman–Crippen MR) is 295 cm³/mol. The number of hydrogen-bond donors (Lipinski definition) is 0. The Bertz CT molecular complexity index is 4190. The molecule has 11 aromatic carbocycles. The zero-order chi connectivity index (χ0) is 44.7. The lowest BCUT2D eigenvalue weighted by molar-refractivity contribution is 1.18. The number of para-hydroxylation sites is 2. The summed E-state index contributed by atoms with van der Waals surface area (Å²) in [6, 6.07) is 89.3. The smallest absolute Gasteiger partial charge is 0.0555 e. The van der Waals surface area contributed by atoms with E-state index in [0.29, 0.717) is 0 Å². The molecule has 3 heterocycles. The minimum absolute atomic E-state index is 1.10. The molecule has 0 spiro atoms. The lowest BCUT2D eigenvalue weighted by Gasteiger charge is -2.27. The molecule has 14 aromatic rings. The highest BCUT2D eigenvalue weighted by molar-refractivity contribution is 7.26. The van der Waals surface area contributed by atoms with Crippen molar-refractivity contribution in [3.05, 3.63) is 243 Å². The standard InChI is InChI=1S/C64H40N2S2/c1-2-15-48-43(13-1)14-11-21-50(48)55-39-40-59(62-56-19-6-10-26-61(56)68-64(55)62)65(46-37-31-44(32-38-46)49-20-12-22-54-53-18-5-9-25-60(53)67-63(49)54)45-33-27-41(28-34-45)42-29-35-47(36-30-42)66-57-23-7-3-16-51(57)52-17-4-8-24-58(52)66/h1-40H. The molecular weight excluding hydrogens is 861 g/mol. The van der Waals surface area contributed by atoms with E-state index in [4.69, 9.17) is 0 Å². The molecule has 2 nitrogen and oxygen atoms in total. The predicted octanol–water partition coefficient (Wildman–Crippen LogP) is 19.1. The van der Waals surface area contributed by atoms with Gasteiger partial charge < -0.3 is 9.47 Å². The first kappa shape index (κ1) is 38.9. The first-order valence-corrected chi connectivity index (χ1v) is 24.8. The second kappa shape index (κ2) is 15.7. The Hall–Kier alpha value is -8.28. The largest absolute Gasteiger partial charge is 0.310 e. The van der Waals surface area contributed by atoms with Gasteiger partial charge >= 0.3 is 0 Å². The van der Waals surface area contributed by atoms with E-state index in [-0.39, 0.29) is 0 Å². The summed E-state index contributed by atoms with van der Waals surface area (Å²) in [5.74, 6) is 0. The molecule has 0 amide bonds. The molecular formula is C64H40N2S2. The van der Waals surface area contributed by atoms with Crippen molar-refractivity contribution in [2.24, 2.45) is 0 Å². The van der Waals surface area contributed by atoms with Gasteiger partial charge in [0.2, 0.25) is 0 Å². The average molecular weight is 901 g/mol. The summed E-state index contributed by atoms with van der Waals surface area (Å²) in [5.41, 5.74) is 14.3. The Morgan fingerprint density at radius 1 is 0.309 bits per heavy atom. The minimum atomic E-state index is 1.10. The van der Waals surface area contributed by atoms with E-state index >= 15 is 0 Å². The summed E-state index contributed by atoms with van der Waals surface area (Å²) < 4.78 is 7.59. The van der Waals surface area contributed by atoms with Gasteiger partial charge in [-0.15, -0.1) is 22.7 Å². The molecule has 14 rings (SSSR count). The average Bonchev–Trinajstić information content (AvgIpc) is 4.10. The summed E-state index contributed by atoms with van der Waals surface area (Å²) in [6.45, 7) is 0. The number of hydrogen-bond acceptors (Lipinski definition) is 3. The highest BCUT2D eigenvalue weighted by Crippen LogP contribution is 2.50. The van der Waals surface area contributed by atoms with E-state index in [1.165, 1.54) is 106 Å². The summed E-state index contributed by atoms with van der Waals surface area (Å²) in [6.07, 6.45) is 0. The van der Waals surface area contributed by atoms with Crippen molar-refractivity contribution >= 4 is 113 Å². The Morgan fingerprint density at radius 2 is 0.809 bits per heavy atom. The van der Waals surface area contributed by atoms with Crippen LogP contribution < -0.4 is 4.90 Å². The second-order valence-corrected chi connectivity index (χ2v) is 19.7. The van der Waals surface area contributed by atoms with Crippen molar-refractivity contribution in [1.29, 1.82) is 0 Å². The summed E-state index contributed by atoms with van der Waals surface area (Å²) in [5, 5.41) is 10.2. The van der Waals surface area contributed by atoms with Crippen LogP contribution in [0.25, 0.3) is 112 Å². The van der Waals surface area contributed by atoms with Gasteiger partial charge in [-0.1, -0.05) is 176 Å². The number of fused-ring (bicyclic) bond motifs is 10. The number of rotatable bonds is 7. The van der Waals surface area contributed by atoms with Crippen LogP contribution in [0, 0.1) is 0 Å². The summed E-state index contributed by atoms with van der Waals surface area (Å²) in [4.78, 5) is 2.47. The molecule has 0 N–H and O–H groups in total. The van der Waals surface area contributed by atoms with Gasteiger partial charge in [-0.3, -0.25) is 0 Å². The van der Waals surface area contributed by atoms with Crippen LogP contribution in [0.15, 0.2) is 243 Å². The van der Waals surface area contributed by atoms with Gasteiger partial charge in [0, 0.05) is 73.7 Å². The molecule has 3 aromatic heterocycles.